The van der Waals surface area contributed by atoms with Crippen molar-refractivity contribution in [1.29, 1.82) is 0 Å². The van der Waals surface area contributed by atoms with Gasteiger partial charge in [0.2, 0.25) is 0 Å². The van der Waals surface area contributed by atoms with Crippen LogP contribution in [0.4, 0.5) is 0 Å². The second-order valence-electron chi connectivity index (χ2n) is 5.08. The Bertz CT molecular complexity index is 690. The fourth-order valence-corrected chi connectivity index (χ4v) is 2.18. The SMILES string of the molecule is C[C@H](NC(=O)COC(=O)COc1ccccc1Cl)c1ccccc1. The highest BCUT2D eigenvalue weighted by atomic mass is 35.5. The predicted octanol–water partition coefficient (Wildman–Crippen LogP) is 3.14. The third kappa shape index (κ3) is 5.59. The molecule has 5 nitrogen and oxygen atoms in total. The Balaban J connectivity index is 1.71. The first-order chi connectivity index (χ1) is 11.6. The van der Waals surface area contributed by atoms with Gasteiger partial charge in [-0.1, -0.05) is 54.1 Å². The molecule has 0 bridgehead atoms. The van der Waals surface area contributed by atoms with Crippen molar-refractivity contribution in [2.75, 3.05) is 13.2 Å². The van der Waals surface area contributed by atoms with Crippen molar-refractivity contribution in [3.05, 3.63) is 65.2 Å². The quantitative estimate of drug-likeness (QED) is 0.781. The first-order valence-corrected chi connectivity index (χ1v) is 7.81. The molecule has 0 saturated heterocycles. The van der Waals surface area contributed by atoms with Gasteiger partial charge in [0.1, 0.15) is 5.75 Å². The second kappa shape index (κ2) is 8.93. The number of carbonyl (C=O) groups is 2. The fourth-order valence-electron chi connectivity index (χ4n) is 1.99. The van der Waals surface area contributed by atoms with Crippen LogP contribution in [0.1, 0.15) is 18.5 Å². The van der Waals surface area contributed by atoms with Gasteiger partial charge < -0.3 is 14.8 Å². The molecule has 2 aromatic rings. The summed E-state index contributed by atoms with van der Waals surface area (Å²) in [6, 6.07) is 16.1. The smallest absolute Gasteiger partial charge is 0.344 e. The molecule has 126 valence electrons. The van der Waals surface area contributed by atoms with Gasteiger partial charge in [0.05, 0.1) is 11.1 Å². The van der Waals surface area contributed by atoms with Crippen molar-refractivity contribution in [1.82, 2.24) is 5.32 Å². The minimum absolute atomic E-state index is 0.170. The number of halogens is 1. The predicted molar refractivity (Wildman–Crippen MR) is 90.9 cm³/mol. The van der Waals surface area contributed by atoms with Gasteiger partial charge in [-0.25, -0.2) is 4.79 Å². The molecule has 1 N–H and O–H groups in total. The molecule has 0 aromatic heterocycles. The van der Waals surface area contributed by atoms with Crippen LogP contribution >= 0.6 is 11.6 Å². The summed E-state index contributed by atoms with van der Waals surface area (Å²) in [4.78, 5) is 23.4. The van der Waals surface area contributed by atoms with Crippen LogP contribution < -0.4 is 10.1 Å². The van der Waals surface area contributed by atoms with Crippen molar-refractivity contribution in [3.63, 3.8) is 0 Å². The number of ether oxygens (including phenoxy) is 2. The number of para-hydroxylation sites is 1. The van der Waals surface area contributed by atoms with Crippen molar-refractivity contribution in [2.24, 2.45) is 0 Å². The van der Waals surface area contributed by atoms with Crippen LogP contribution in [0.25, 0.3) is 0 Å². The summed E-state index contributed by atoms with van der Waals surface area (Å²) in [7, 11) is 0. The van der Waals surface area contributed by atoms with Crippen LogP contribution in [0.15, 0.2) is 54.6 Å². The van der Waals surface area contributed by atoms with Gasteiger partial charge in [-0.3, -0.25) is 4.79 Å². The Labute approximate surface area is 145 Å². The molecule has 1 atom stereocenters. The van der Waals surface area contributed by atoms with Crippen LogP contribution in [-0.4, -0.2) is 25.1 Å². The zero-order valence-electron chi connectivity index (χ0n) is 13.2. The standard InChI is InChI=1S/C18H18ClNO4/c1-13(14-7-3-2-4-8-14)20-17(21)11-24-18(22)12-23-16-10-6-5-9-15(16)19/h2-10,13H,11-12H2,1H3,(H,20,21)/t13-/m0/s1. The van der Waals surface area contributed by atoms with Crippen molar-refractivity contribution in [2.45, 2.75) is 13.0 Å². The van der Waals surface area contributed by atoms with Gasteiger partial charge in [0, 0.05) is 0 Å². The van der Waals surface area contributed by atoms with Crippen LogP contribution in [-0.2, 0) is 14.3 Å². The third-order valence-corrected chi connectivity index (χ3v) is 3.54. The van der Waals surface area contributed by atoms with E-state index in [1.54, 1.807) is 24.3 Å². The maximum absolute atomic E-state index is 11.8. The average molecular weight is 348 g/mol. The van der Waals surface area contributed by atoms with E-state index in [9.17, 15) is 9.59 Å². The highest BCUT2D eigenvalue weighted by Gasteiger charge is 2.12. The van der Waals surface area contributed by atoms with E-state index in [4.69, 9.17) is 21.1 Å². The van der Waals surface area contributed by atoms with E-state index >= 15 is 0 Å². The number of hydrogen-bond acceptors (Lipinski definition) is 4. The summed E-state index contributed by atoms with van der Waals surface area (Å²) in [6.45, 7) is 1.18. The highest BCUT2D eigenvalue weighted by molar-refractivity contribution is 6.32. The third-order valence-electron chi connectivity index (χ3n) is 3.22. The zero-order valence-corrected chi connectivity index (χ0v) is 14.0. The molecule has 0 aliphatic rings. The monoisotopic (exact) mass is 347 g/mol. The molecule has 0 aliphatic heterocycles. The summed E-state index contributed by atoms with van der Waals surface area (Å²) in [5.41, 5.74) is 0.972. The zero-order chi connectivity index (χ0) is 17.4. The molecule has 24 heavy (non-hydrogen) atoms. The lowest BCUT2D eigenvalue weighted by Crippen LogP contribution is -2.31. The minimum Gasteiger partial charge on any atom is -0.480 e. The van der Waals surface area contributed by atoms with Gasteiger partial charge in [-0.2, -0.15) is 0 Å². The number of benzene rings is 2. The average Bonchev–Trinajstić information content (AvgIpc) is 2.60. The summed E-state index contributed by atoms with van der Waals surface area (Å²) in [5.74, 6) is -0.631. The van der Waals surface area contributed by atoms with E-state index in [1.165, 1.54) is 0 Å². The van der Waals surface area contributed by atoms with Gasteiger partial charge in [0.25, 0.3) is 5.91 Å². The largest absolute Gasteiger partial charge is 0.480 e. The molecule has 0 fully saturated rings. The summed E-state index contributed by atoms with van der Waals surface area (Å²) in [6.07, 6.45) is 0. The maximum atomic E-state index is 11.8. The lowest BCUT2D eigenvalue weighted by atomic mass is 10.1. The topological polar surface area (TPSA) is 64.6 Å². The van der Waals surface area contributed by atoms with Gasteiger partial charge >= 0.3 is 5.97 Å². The number of carbonyl (C=O) groups excluding carboxylic acids is 2. The lowest BCUT2D eigenvalue weighted by Gasteiger charge is -2.14. The lowest BCUT2D eigenvalue weighted by molar-refractivity contribution is -0.150. The molecule has 0 radical (unpaired) electrons. The van der Waals surface area contributed by atoms with E-state index in [0.717, 1.165) is 5.56 Å². The summed E-state index contributed by atoms with van der Waals surface area (Å²) < 4.78 is 10.1. The fraction of sp³-hybridized carbons (Fsp3) is 0.222. The van der Waals surface area contributed by atoms with E-state index in [2.05, 4.69) is 5.32 Å². The molecule has 2 rings (SSSR count). The molecule has 0 saturated carbocycles. The van der Waals surface area contributed by atoms with Crippen LogP contribution in [0.3, 0.4) is 0 Å². The van der Waals surface area contributed by atoms with Crippen molar-refractivity contribution in [3.8, 4) is 5.75 Å². The highest BCUT2D eigenvalue weighted by Crippen LogP contribution is 2.22. The summed E-state index contributed by atoms with van der Waals surface area (Å²) in [5, 5.41) is 3.16. The van der Waals surface area contributed by atoms with Gasteiger partial charge in [-0.05, 0) is 24.6 Å². The maximum Gasteiger partial charge on any atom is 0.344 e. The van der Waals surface area contributed by atoms with Gasteiger partial charge in [-0.15, -0.1) is 0 Å². The van der Waals surface area contributed by atoms with E-state index in [0.29, 0.717) is 10.8 Å². The normalized spacial score (nSPS) is 11.4. The molecule has 0 aliphatic carbocycles. The minimum atomic E-state index is -0.641. The Morgan fingerprint density at radius 2 is 1.71 bits per heavy atom. The van der Waals surface area contributed by atoms with Crippen molar-refractivity contribution >= 4 is 23.5 Å². The number of nitrogens with one attached hydrogen (secondary N) is 1. The van der Waals surface area contributed by atoms with Crippen LogP contribution in [0.5, 0.6) is 5.75 Å². The molecule has 0 heterocycles. The number of esters is 1. The van der Waals surface area contributed by atoms with E-state index < -0.39 is 5.97 Å². The molecule has 1 amide bonds. The first kappa shape index (κ1) is 17.8. The number of hydrogen-bond donors (Lipinski definition) is 1. The summed E-state index contributed by atoms with van der Waals surface area (Å²) >= 11 is 5.91. The number of rotatable bonds is 7. The Morgan fingerprint density at radius 3 is 2.42 bits per heavy atom. The van der Waals surface area contributed by atoms with E-state index in [-0.39, 0.29) is 25.2 Å². The van der Waals surface area contributed by atoms with E-state index in [1.807, 2.05) is 37.3 Å². The Hall–Kier alpha value is -2.53. The Morgan fingerprint density at radius 1 is 1.04 bits per heavy atom. The molecule has 0 spiro atoms. The van der Waals surface area contributed by atoms with Crippen LogP contribution in [0, 0.1) is 0 Å². The van der Waals surface area contributed by atoms with Crippen LogP contribution in [0.2, 0.25) is 5.02 Å². The second-order valence-corrected chi connectivity index (χ2v) is 5.49. The molecular weight excluding hydrogens is 330 g/mol. The Kier molecular flexibility index (Phi) is 6.63. The van der Waals surface area contributed by atoms with Gasteiger partial charge in [0.15, 0.2) is 13.2 Å². The molecule has 2 aromatic carbocycles. The number of amides is 1. The first-order valence-electron chi connectivity index (χ1n) is 7.43. The molecule has 6 heteroatoms. The molecule has 0 unspecified atom stereocenters. The van der Waals surface area contributed by atoms with Crippen molar-refractivity contribution < 1.29 is 19.1 Å². The molecular formula is C18H18ClNO4.